The fraction of sp³-hybridized carbons (Fsp3) is 0.308. The zero-order chi connectivity index (χ0) is 11.5. The van der Waals surface area contributed by atoms with Gasteiger partial charge >= 0.3 is 0 Å². The van der Waals surface area contributed by atoms with Crippen LogP contribution in [0.3, 0.4) is 0 Å². The number of benzene rings is 1. The summed E-state index contributed by atoms with van der Waals surface area (Å²) in [7, 11) is 0. The van der Waals surface area contributed by atoms with Gasteiger partial charge in [-0.1, -0.05) is 40.9 Å². The van der Waals surface area contributed by atoms with Gasteiger partial charge in [0.1, 0.15) is 0 Å². The Balaban J connectivity index is 2.21. The van der Waals surface area contributed by atoms with Gasteiger partial charge in [0, 0.05) is 6.42 Å². The first kappa shape index (κ1) is 11.7. The first-order valence-electron chi connectivity index (χ1n) is 5.32. The van der Waals surface area contributed by atoms with Crippen molar-refractivity contribution in [1.82, 2.24) is 0 Å². The summed E-state index contributed by atoms with van der Waals surface area (Å²) in [5, 5.41) is 1.17. The number of hydrogen-bond acceptors (Lipinski definition) is 1. The third kappa shape index (κ3) is 2.66. The van der Waals surface area contributed by atoms with Crippen molar-refractivity contribution in [2.75, 3.05) is 0 Å². The lowest BCUT2D eigenvalue weighted by Gasteiger charge is -2.13. The summed E-state index contributed by atoms with van der Waals surface area (Å²) in [5.41, 5.74) is 2.15. The molecule has 0 aliphatic heterocycles. The maximum Gasteiger partial charge on any atom is 0.155 e. The normalized spacial score (nSPS) is 16.1. The van der Waals surface area contributed by atoms with Gasteiger partial charge in [0.05, 0.1) is 10.0 Å². The van der Waals surface area contributed by atoms with Crippen LogP contribution in [-0.4, -0.2) is 5.78 Å². The van der Waals surface area contributed by atoms with E-state index < -0.39 is 0 Å². The minimum atomic E-state index is 0.222. The predicted molar refractivity (Wildman–Crippen MR) is 67.1 cm³/mol. The molecule has 0 aromatic heterocycles. The van der Waals surface area contributed by atoms with E-state index in [1.807, 2.05) is 12.1 Å². The predicted octanol–water partition coefficient (Wildman–Crippen LogP) is 4.22. The Kier molecular flexibility index (Phi) is 3.67. The third-order valence-corrected chi connectivity index (χ3v) is 3.59. The van der Waals surface area contributed by atoms with Crippen LogP contribution in [0.25, 0.3) is 0 Å². The zero-order valence-electron chi connectivity index (χ0n) is 8.80. The molecule has 0 spiro atoms. The van der Waals surface area contributed by atoms with Crippen molar-refractivity contribution in [3.05, 3.63) is 45.5 Å². The van der Waals surface area contributed by atoms with Gasteiger partial charge in [0.25, 0.3) is 0 Å². The molecule has 1 aliphatic carbocycles. The largest absolute Gasteiger partial charge is 0.295 e. The summed E-state index contributed by atoms with van der Waals surface area (Å²) in [6, 6.07) is 5.61. The maximum absolute atomic E-state index is 11.3. The quantitative estimate of drug-likeness (QED) is 0.773. The molecule has 1 aliphatic rings. The minimum absolute atomic E-state index is 0.222. The average molecular weight is 255 g/mol. The van der Waals surface area contributed by atoms with E-state index in [-0.39, 0.29) is 5.78 Å². The van der Waals surface area contributed by atoms with E-state index in [1.54, 1.807) is 12.1 Å². The van der Waals surface area contributed by atoms with Gasteiger partial charge in [-0.15, -0.1) is 0 Å². The second kappa shape index (κ2) is 5.03. The summed E-state index contributed by atoms with van der Waals surface area (Å²) < 4.78 is 0. The maximum atomic E-state index is 11.3. The van der Waals surface area contributed by atoms with Crippen LogP contribution >= 0.6 is 23.2 Å². The van der Waals surface area contributed by atoms with Gasteiger partial charge < -0.3 is 0 Å². The molecule has 1 aromatic rings. The molecule has 1 aromatic carbocycles. The number of rotatable bonds is 2. The number of hydrogen-bond donors (Lipinski definition) is 0. The van der Waals surface area contributed by atoms with Gasteiger partial charge in [-0.25, -0.2) is 0 Å². The van der Waals surface area contributed by atoms with E-state index in [4.69, 9.17) is 23.2 Å². The molecule has 0 N–H and O–H groups in total. The van der Waals surface area contributed by atoms with Gasteiger partial charge in [-0.3, -0.25) is 4.79 Å². The summed E-state index contributed by atoms with van der Waals surface area (Å²) in [6.45, 7) is 0. The third-order valence-electron chi connectivity index (χ3n) is 2.74. The molecule has 0 atom stereocenters. The Labute approximate surface area is 105 Å². The molecule has 0 radical (unpaired) electrons. The lowest BCUT2D eigenvalue weighted by atomic mass is 9.93. The Morgan fingerprint density at radius 3 is 2.75 bits per heavy atom. The highest BCUT2D eigenvalue weighted by Crippen LogP contribution is 2.29. The molecule has 0 saturated heterocycles. The second-order valence-electron chi connectivity index (χ2n) is 4.01. The van der Waals surface area contributed by atoms with Gasteiger partial charge in [-0.2, -0.15) is 0 Å². The van der Waals surface area contributed by atoms with Crippen molar-refractivity contribution in [2.24, 2.45) is 0 Å². The molecule has 0 amide bonds. The smallest absolute Gasteiger partial charge is 0.155 e. The van der Waals surface area contributed by atoms with Crippen molar-refractivity contribution in [1.29, 1.82) is 0 Å². The van der Waals surface area contributed by atoms with Crippen LogP contribution in [0.5, 0.6) is 0 Å². The Morgan fingerprint density at radius 2 is 2.00 bits per heavy atom. The van der Waals surface area contributed by atoms with Crippen LogP contribution in [0, 0.1) is 0 Å². The fourth-order valence-corrected chi connectivity index (χ4v) is 2.32. The Bertz CT molecular complexity index is 449. The highest BCUT2D eigenvalue weighted by atomic mass is 35.5. The topological polar surface area (TPSA) is 17.1 Å². The van der Waals surface area contributed by atoms with Crippen LogP contribution in [0.4, 0.5) is 0 Å². The van der Waals surface area contributed by atoms with Crippen molar-refractivity contribution >= 4 is 29.0 Å². The summed E-state index contributed by atoms with van der Waals surface area (Å²) >= 11 is 12.0. The lowest BCUT2D eigenvalue weighted by Crippen LogP contribution is -2.04. The molecule has 0 saturated carbocycles. The van der Waals surface area contributed by atoms with Crippen molar-refractivity contribution in [3.63, 3.8) is 0 Å². The van der Waals surface area contributed by atoms with Crippen LogP contribution in [0.2, 0.25) is 10.0 Å². The fourth-order valence-electron chi connectivity index (χ4n) is 1.93. The van der Waals surface area contributed by atoms with E-state index >= 15 is 0 Å². The number of allylic oxidation sites excluding steroid dienone is 2. The van der Waals surface area contributed by atoms with E-state index in [0.29, 0.717) is 16.5 Å². The van der Waals surface area contributed by atoms with Crippen molar-refractivity contribution < 1.29 is 4.79 Å². The number of carbonyl (C=O) groups excluding carboxylic acids is 1. The van der Waals surface area contributed by atoms with Gasteiger partial charge in [0.15, 0.2) is 5.78 Å². The first-order valence-corrected chi connectivity index (χ1v) is 6.07. The Morgan fingerprint density at radius 1 is 1.19 bits per heavy atom. The van der Waals surface area contributed by atoms with Crippen LogP contribution in [0.1, 0.15) is 24.8 Å². The first-order chi connectivity index (χ1) is 7.66. The SMILES string of the molecule is O=C1C=C(Cc2cccc(Cl)c2Cl)CCC1. The van der Waals surface area contributed by atoms with Crippen LogP contribution in [0.15, 0.2) is 29.8 Å². The standard InChI is InChI=1S/C13H12Cl2O/c14-12-6-2-4-10(13(12)15)7-9-3-1-5-11(16)8-9/h2,4,6,8H,1,3,5,7H2. The monoisotopic (exact) mass is 254 g/mol. The van der Waals surface area contributed by atoms with E-state index in [2.05, 4.69) is 0 Å². The molecule has 0 fully saturated rings. The summed E-state index contributed by atoms with van der Waals surface area (Å²) in [5.74, 6) is 0.222. The van der Waals surface area contributed by atoms with Gasteiger partial charge in [-0.05, 0) is 37.0 Å². The molecule has 3 heteroatoms. The van der Waals surface area contributed by atoms with E-state index in [0.717, 1.165) is 30.4 Å². The highest BCUT2D eigenvalue weighted by Gasteiger charge is 2.12. The zero-order valence-corrected chi connectivity index (χ0v) is 10.3. The molecule has 0 unspecified atom stereocenters. The minimum Gasteiger partial charge on any atom is -0.295 e. The second-order valence-corrected chi connectivity index (χ2v) is 4.80. The molecule has 84 valence electrons. The molecule has 16 heavy (non-hydrogen) atoms. The van der Waals surface area contributed by atoms with Crippen molar-refractivity contribution in [3.8, 4) is 0 Å². The van der Waals surface area contributed by atoms with Crippen LogP contribution in [-0.2, 0) is 11.2 Å². The molecule has 1 nitrogen and oxygen atoms in total. The molecular weight excluding hydrogens is 243 g/mol. The molecular formula is C13H12Cl2O. The van der Waals surface area contributed by atoms with Crippen molar-refractivity contribution in [2.45, 2.75) is 25.7 Å². The molecule has 0 bridgehead atoms. The average Bonchev–Trinajstić information content (AvgIpc) is 2.25. The Hall–Kier alpha value is -0.790. The van der Waals surface area contributed by atoms with Crippen LogP contribution < -0.4 is 0 Å². The lowest BCUT2D eigenvalue weighted by molar-refractivity contribution is -0.115. The number of carbonyl (C=O) groups is 1. The van der Waals surface area contributed by atoms with E-state index in [9.17, 15) is 4.79 Å². The van der Waals surface area contributed by atoms with Gasteiger partial charge in [0.2, 0.25) is 0 Å². The highest BCUT2D eigenvalue weighted by molar-refractivity contribution is 6.42. The van der Waals surface area contributed by atoms with E-state index in [1.165, 1.54) is 0 Å². The number of halogens is 2. The molecule has 0 heterocycles. The summed E-state index contributed by atoms with van der Waals surface area (Å²) in [6.07, 6.45) is 5.08. The summed E-state index contributed by atoms with van der Waals surface area (Å²) in [4.78, 5) is 11.3. The number of ketones is 1. The molecule has 2 rings (SSSR count).